The van der Waals surface area contributed by atoms with E-state index in [1.54, 1.807) is 64.0 Å². The summed E-state index contributed by atoms with van der Waals surface area (Å²) in [6.45, 7) is 23.0. The van der Waals surface area contributed by atoms with Crippen LogP contribution < -0.4 is 20.7 Å². The van der Waals surface area contributed by atoms with Crippen LogP contribution in [0.25, 0.3) is 0 Å². The lowest BCUT2D eigenvalue weighted by Gasteiger charge is -2.40. The first kappa shape index (κ1) is 71.8. The number of hydrogen-bond donors (Lipinski definition) is 3. The molecule has 0 unspecified atom stereocenters. The van der Waals surface area contributed by atoms with Crippen LogP contribution in [0.5, 0.6) is 5.75 Å². The summed E-state index contributed by atoms with van der Waals surface area (Å²) >= 11 is 0. The second-order valence-electron chi connectivity index (χ2n) is 24.2. The highest BCUT2D eigenvalue weighted by Crippen LogP contribution is 2.24. The first-order valence-corrected chi connectivity index (χ1v) is 29.1. The molecule has 22 nitrogen and oxygen atoms in total. The van der Waals surface area contributed by atoms with E-state index in [1.807, 2.05) is 48.5 Å². The summed E-state index contributed by atoms with van der Waals surface area (Å²) in [7, 11) is 13.7. The van der Waals surface area contributed by atoms with E-state index in [2.05, 4.69) is 16.0 Å². The smallest absolute Gasteiger partial charge is 0.324 e. The fourth-order valence-electron chi connectivity index (χ4n) is 10.4. The van der Waals surface area contributed by atoms with Gasteiger partial charge in [0.05, 0.1) is 7.11 Å². The number of ether oxygens (including phenoxy) is 2. The van der Waals surface area contributed by atoms with Crippen LogP contribution in [0.4, 0.5) is 0 Å². The number of hydrogen-bond acceptors (Lipinski definition) is 13. The van der Waals surface area contributed by atoms with Crippen molar-refractivity contribution >= 4 is 59.1 Å². The van der Waals surface area contributed by atoms with Crippen LogP contribution in [0.3, 0.4) is 0 Å². The third-order valence-corrected chi connectivity index (χ3v) is 15.9. The first-order valence-electron chi connectivity index (χ1n) is 29.1. The molecule has 0 bridgehead atoms. The van der Waals surface area contributed by atoms with Gasteiger partial charge in [-0.25, -0.2) is 0 Å². The first-order chi connectivity index (χ1) is 38.1. The molecule has 0 aliphatic carbocycles. The highest BCUT2D eigenvalue weighted by molar-refractivity contribution is 5.98. The Bertz CT molecular complexity index is 2340. The van der Waals surface area contributed by atoms with Crippen molar-refractivity contribution in [1.29, 1.82) is 0 Å². The number of likely N-dealkylation sites (N-methyl/N-ethyl adjacent to an activating group) is 7. The zero-order valence-corrected chi connectivity index (χ0v) is 53.4. The molecule has 0 saturated carbocycles. The van der Waals surface area contributed by atoms with Crippen LogP contribution in [0.15, 0.2) is 24.3 Å². The van der Waals surface area contributed by atoms with Crippen LogP contribution in [0, 0.1) is 29.6 Å². The normalized spacial score (nSPS) is 22.5. The molecule has 2 rings (SSSR count). The zero-order chi connectivity index (χ0) is 62.9. The van der Waals surface area contributed by atoms with Crippen molar-refractivity contribution in [2.24, 2.45) is 29.6 Å². The van der Waals surface area contributed by atoms with Crippen LogP contribution in [-0.4, -0.2) is 224 Å². The maximum absolute atomic E-state index is 15.2. The van der Waals surface area contributed by atoms with Crippen molar-refractivity contribution in [3.05, 3.63) is 29.8 Å². The summed E-state index contributed by atoms with van der Waals surface area (Å²) in [5, 5.41) is 8.61. The second-order valence-corrected chi connectivity index (χ2v) is 24.2. The summed E-state index contributed by atoms with van der Waals surface area (Å²) in [4.78, 5) is 154. The molecule has 1 aliphatic rings. The third kappa shape index (κ3) is 19.1. The molecule has 82 heavy (non-hydrogen) atoms. The molecule has 464 valence electrons. The predicted molar refractivity (Wildman–Crippen MR) is 315 cm³/mol. The number of nitrogens with one attached hydrogen (secondary N) is 3. The van der Waals surface area contributed by atoms with Crippen LogP contribution in [0.2, 0.25) is 0 Å². The SMILES string of the molecule is CC[C@H](C)[C@H]1C(=O)N[C@@H](C)C(=O)N(C)[C@@H](CC(C)C)C(=O)N[C@@H](Cc2ccc(OC)cc2)C(=O)NCCC[C@H](N(C)C(=O)[C@H](CC(C)C)N(C)C(=O)[C@H](C)N(C)C(=O)[C@H](OC(=O)[C@H](C(C)C)N(C)C)C(C)C)C(=O)N(C)[C@@H](C)C(=O)N1C. The van der Waals surface area contributed by atoms with Crippen LogP contribution in [-0.2, 0) is 59.1 Å². The number of methoxy groups -OCH3 is 1. The Labute approximate surface area is 489 Å². The summed E-state index contributed by atoms with van der Waals surface area (Å²) in [5.74, 6) is -6.63. The van der Waals surface area contributed by atoms with E-state index in [4.69, 9.17) is 9.47 Å². The Morgan fingerprint density at radius 1 is 0.683 bits per heavy atom. The maximum atomic E-state index is 15.2. The number of rotatable bonds is 20. The summed E-state index contributed by atoms with van der Waals surface area (Å²) < 4.78 is 11.2. The van der Waals surface area contributed by atoms with Crippen molar-refractivity contribution in [1.82, 2.24) is 50.2 Å². The molecule has 22 heteroatoms. The fraction of sp³-hybridized carbons (Fsp3) is 0.733. The molecule has 0 radical (unpaired) electrons. The van der Waals surface area contributed by atoms with Crippen LogP contribution in [0.1, 0.15) is 128 Å². The van der Waals surface area contributed by atoms with Crippen molar-refractivity contribution in [2.75, 3.05) is 70.0 Å². The van der Waals surface area contributed by atoms with Gasteiger partial charge in [-0.2, -0.15) is 0 Å². The molecule has 1 aliphatic heterocycles. The van der Waals surface area contributed by atoms with E-state index >= 15 is 9.59 Å². The number of esters is 1. The lowest BCUT2D eigenvalue weighted by Crippen LogP contribution is -2.61. The van der Waals surface area contributed by atoms with Gasteiger partial charge in [-0.15, -0.1) is 0 Å². The van der Waals surface area contributed by atoms with E-state index in [-0.39, 0.29) is 56.4 Å². The highest BCUT2D eigenvalue weighted by atomic mass is 16.6. The molecule has 1 heterocycles. The number of nitrogens with zero attached hydrogens (tertiary/aromatic N) is 7. The lowest BCUT2D eigenvalue weighted by atomic mass is 9.95. The molecular weight excluding hydrogens is 1050 g/mol. The fourth-order valence-corrected chi connectivity index (χ4v) is 10.4. The van der Waals surface area contributed by atoms with Gasteiger partial charge in [0.1, 0.15) is 60.1 Å². The van der Waals surface area contributed by atoms with E-state index in [0.29, 0.717) is 17.7 Å². The summed E-state index contributed by atoms with van der Waals surface area (Å²) in [5.41, 5.74) is 0.694. The van der Waals surface area contributed by atoms with Gasteiger partial charge in [-0.3, -0.25) is 52.8 Å². The van der Waals surface area contributed by atoms with Gasteiger partial charge in [-0.1, -0.05) is 87.8 Å². The lowest BCUT2D eigenvalue weighted by molar-refractivity contribution is -0.169. The molecule has 1 saturated heterocycles. The average Bonchev–Trinajstić information content (AvgIpc) is 3.60. The van der Waals surface area contributed by atoms with Gasteiger partial charge >= 0.3 is 5.97 Å². The largest absolute Gasteiger partial charge is 0.497 e. The maximum Gasteiger partial charge on any atom is 0.324 e. The minimum Gasteiger partial charge on any atom is -0.497 e. The summed E-state index contributed by atoms with van der Waals surface area (Å²) in [6.07, 6.45) is -0.274. The number of carbonyl (C=O) groups excluding carboxylic acids is 10. The van der Waals surface area contributed by atoms with Gasteiger partial charge in [0.15, 0.2) is 6.10 Å². The second kappa shape index (κ2) is 32.5. The molecule has 1 aromatic rings. The number of amides is 9. The van der Waals surface area contributed by atoms with Crippen molar-refractivity contribution in [2.45, 2.75) is 189 Å². The van der Waals surface area contributed by atoms with Crippen LogP contribution >= 0.6 is 0 Å². The molecule has 1 aromatic carbocycles. The van der Waals surface area contributed by atoms with Crippen molar-refractivity contribution in [3.8, 4) is 5.75 Å². The Kier molecular flexibility index (Phi) is 28.5. The molecule has 1 fully saturated rings. The Morgan fingerprint density at radius 3 is 1.77 bits per heavy atom. The number of carbonyl (C=O) groups is 10. The Hall–Kier alpha value is -6.32. The zero-order valence-electron chi connectivity index (χ0n) is 53.4. The average molecular weight is 1160 g/mol. The number of benzene rings is 1. The minimum atomic E-state index is -1.27. The predicted octanol–water partition coefficient (Wildman–Crippen LogP) is 3.43. The molecule has 9 amide bonds. The minimum absolute atomic E-state index is 0.0259. The van der Waals surface area contributed by atoms with Gasteiger partial charge in [-0.05, 0) is 108 Å². The summed E-state index contributed by atoms with van der Waals surface area (Å²) in [6, 6.07) is -2.85. The monoisotopic (exact) mass is 1150 g/mol. The Balaban J connectivity index is 2.77. The van der Waals surface area contributed by atoms with E-state index < -0.39 is 131 Å². The van der Waals surface area contributed by atoms with E-state index in [1.165, 1.54) is 99.6 Å². The molecule has 11 atom stereocenters. The standard InChI is InChI=1S/C60H102N10O12/c1-23-38(10)49-53(73)62-39(11)54(74)68(19)46(31-34(2)3)52(72)63-44(33-42-26-28-43(81-22)29-27-42)51(71)61-30-24-25-45(57(77)65(16)41(13)56(76)70(49)21)67(18)58(78)47(32-35(4)5)69(20)55(75)40(12)66(17)59(79)50(37(8)9)82-60(80)48(36(6)7)64(14)15/h26-29,34-41,44-50H,23-25,30-33H2,1-22H3,(H,61,71)(H,62,73)(H,63,72)/t38-,39-,40-,41-,44-,45-,46-,47-,48-,49-,50+/m0/s1. The molecular formula is C60H102N10O12. The van der Waals surface area contributed by atoms with E-state index in [9.17, 15) is 38.4 Å². The van der Waals surface area contributed by atoms with Gasteiger partial charge < -0.3 is 54.8 Å². The molecule has 0 aromatic heterocycles. The van der Waals surface area contributed by atoms with Crippen molar-refractivity contribution in [3.63, 3.8) is 0 Å². The third-order valence-electron chi connectivity index (χ3n) is 15.9. The van der Waals surface area contributed by atoms with Crippen molar-refractivity contribution < 1.29 is 57.4 Å². The highest BCUT2D eigenvalue weighted by Gasteiger charge is 2.43. The van der Waals surface area contributed by atoms with Gasteiger partial charge in [0, 0.05) is 55.3 Å². The molecule has 3 N–H and O–H groups in total. The topological polar surface area (TPSA) is 248 Å². The van der Waals surface area contributed by atoms with E-state index in [0.717, 1.165) is 0 Å². The van der Waals surface area contributed by atoms with Gasteiger partial charge in [0.2, 0.25) is 47.3 Å². The van der Waals surface area contributed by atoms with Gasteiger partial charge in [0.25, 0.3) is 5.91 Å². The Morgan fingerprint density at radius 2 is 1.27 bits per heavy atom. The molecule has 0 spiro atoms. The quantitative estimate of drug-likeness (QED) is 0.159.